The Kier molecular flexibility index (Phi) is 7.74. The number of aryl methyl sites for hydroxylation is 1. The van der Waals surface area contributed by atoms with E-state index in [-0.39, 0.29) is 18.0 Å². The molecule has 1 N–H and O–H groups in total. The van der Waals surface area contributed by atoms with Crippen molar-refractivity contribution in [3.05, 3.63) is 82.4 Å². The van der Waals surface area contributed by atoms with E-state index >= 15 is 0 Å². The van der Waals surface area contributed by atoms with Crippen LogP contribution in [-0.2, 0) is 24.1 Å². The lowest BCUT2D eigenvalue weighted by molar-refractivity contribution is -0.123. The van der Waals surface area contributed by atoms with E-state index in [1.807, 2.05) is 24.3 Å². The number of hydrogen-bond donors (Lipinski definition) is 1. The van der Waals surface area contributed by atoms with E-state index in [2.05, 4.69) is 40.5 Å². The van der Waals surface area contributed by atoms with Gasteiger partial charge in [-0.05, 0) is 66.1 Å². The Morgan fingerprint density at radius 2 is 1.66 bits per heavy atom. The molecule has 1 aliphatic carbocycles. The van der Waals surface area contributed by atoms with Gasteiger partial charge in [-0.2, -0.15) is 0 Å². The molecular formula is C31H36N2O5. The van der Waals surface area contributed by atoms with E-state index < -0.39 is 0 Å². The predicted octanol–water partition coefficient (Wildman–Crippen LogP) is 4.67. The Bertz CT molecular complexity index is 1290. The Hall–Kier alpha value is -3.71. The van der Waals surface area contributed by atoms with Crippen LogP contribution in [0.4, 0.5) is 0 Å². The van der Waals surface area contributed by atoms with Crippen molar-refractivity contribution in [3.8, 4) is 23.0 Å². The standard InChI is InChI=1S/C31H36N2O5/c1-35-23-17-22-13-14-33(19-30(34)32-25-11-10-21-7-5-6-8-24(21)25)26(31(22)29(18-23)38-4)15-20-9-12-27(36-2)28(16-20)37-3/h5-9,12,16-18,25-26H,10-11,13-15,19H2,1-4H3,(H,32,34). The van der Waals surface area contributed by atoms with Crippen molar-refractivity contribution in [2.24, 2.45) is 0 Å². The number of carbonyl (C=O) groups is 1. The third-order valence-electron chi connectivity index (χ3n) is 7.79. The van der Waals surface area contributed by atoms with Crippen LogP contribution in [0.2, 0.25) is 0 Å². The molecule has 3 aromatic carbocycles. The highest BCUT2D eigenvalue weighted by Gasteiger charge is 2.33. The molecule has 7 nitrogen and oxygen atoms in total. The maximum absolute atomic E-state index is 13.4. The van der Waals surface area contributed by atoms with Crippen LogP contribution in [-0.4, -0.2) is 52.3 Å². The average Bonchev–Trinajstić information content (AvgIpc) is 3.35. The average molecular weight is 517 g/mol. The van der Waals surface area contributed by atoms with Crippen LogP contribution >= 0.6 is 0 Å². The molecule has 1 heterocycles. The second-order valence-corrected chi connectivity index (χ2v) is 9.89. The summed E-state index contributed by atoms with van der Waals surface area (Å²) in [5.74, 6) is 2.97. The minimum Gasteiger partial charge on any atom is -0.497 e. The number of carbonyl (C=O) groups excluding carboxylic acids is 1. The third-order valence-corrected chi connectivity index (χ3v) is 7.79. The number of nitrogens with zero attached hydrogens (tertiary/aromatic N) is 1. The number of benzene rings is 3. The van der Waals surface area contributed by atoms with E-state index in [9.17, 15) is 4.79 Å². The molecule has 0 saturated carbocycles. The molecule has 3 aromatic rings. The topological polar surface area (TPSA) is 69.3 Å². The van der Waals surface area contributed by atoms with Gasteiger partial charge in [0.05, 0.1) is 41.0 Å². The maximum Gasteiger partial charge on any atom is 0.234 e. The molecule has 1 aliphatic heterocycles. The fraction of sp³-hybridized carbons (Fsp3) is 0.387. The zero-order valence-corrected chi connectivity index (χ0v) is 22.6. The summed E-state index contributed by atoms with van der Waals surface area (Å²) in [6.07, 6.45) is 3.44. The minimum atomic E-state index is -0.0562. The Labute approximate surface area is 224 Å². The van der Waals surface area contributed by atoms with Crippen molar-refractivity contribution in [1.82, 2.24) is 10.2 Å². The van der Waals surface area contributed by atoms with Crippen molar-refractivity contribution < 1.29 is 23.7 Å². The van der Waals surface area contributed by atoms with Gasteiger partial charge in [0.25, 0.3) is 0 Å². The first-order chi connectivity index (χ1) is 18.5. The number of methoxy groups -OCH3 is 4. The fourth-order valence-electron chi connectivity index (χ4n) is 5.91. The normalized spacial score (nSPS) is 18.3. The zero-order chi connectivity index (χ0) is 26.6. The van der Waals surface area contributed by atoms with Gasteiger partial charge >= 0.3 is 0 Å². The first kappa shape index (κ1) is 25.9. The molecule has 2 atom stereocenters. The van der Waals surface area contributed by atoms with E-state index in [0.29, 0.717) is 24.5 Å². The molecule has 0 saturated heterocycles. The second kappa shape index (κ2) is 11.4. The molecule has 0 spiro atoms. The summed E-state index contributed by atoms with van der Waals surface area (Å²) in [6, 6.07) is 18.4. The number of nitrogens with one attached hydrogen (secondary N) is 1. The highest BCUT2D eigenvalue weighted by Crippen LogP contribution is 2.42. The lowest BCUT2D eigenvalue weighted by Gasteiger charge is -2.38. The smallest absolute Gasteiger partial charge is 0.234 e. The zero-order valence-electron chi connectivity index (χ0n) is 22.6. The van der Waals surface area contributed by atoms with Crippen molar-refractivity contribution >= 4 is 5.91 Å². The van der Waals surface area contributed by atoms with Crippen LogP contribution in [0.15, 0.2) is 54.6 Å². The number of hydrogen-bond acceptors (Lipinski definition) is 6. The SMILES string of the molecule is COc1cc2c(c(OC)c1)C(Cc1ccc(OC)c(OC)c1)N(CC(=O)NC1CCc3ccccc31)CC2. The molecule has 200 valence electrons. The molecule has 0 bridgehead atoms. The molecule has 1 amide bonds. The highest BCUT2D eigenvalue weighted by atomic mass is 16.5. The third kappa shape index (κ3) is 5.16. The summed E-state index contributed by atoms with van der Waals surface area (Å²) >= 11 is 0. The van der Waals surface area contributed by atoms with E-state index in [1.54, 1.807) is 28.4 Å². The van der Waals surface area contributed by atoms with E-state index in [4.69, 9.17) is 18.9 Å². The Morgan fingerprint density at radius 1 is 0.868 bits per heavy atom. The summed E-state index contributed by atoms with van der Waals surface area (Å²) < 4.78 is 22.4. The lowest BCUT2D eigenvalue weighted by Crippen LogP contribution is -2.44. The highest BCUT2D eigenvalue weighted by molar-refractivity contribution is 5.79. The van der Waals surface area contributed by atoms with Gasteiger partial charge < -0.3 is 24.3 Å². The first-order valence-corrected chi connectivity index (χ1v) is 13.1. The molecule has 0 fully saturated rings. The maximum atomic E-state index is 13.4. The molecule has 2 unspecified atom stereocenters. The van der Waals surface area contributed by atoms with Crippen LogP contribution in [0.3, 0.4) is 0 Å². The van der Waals surface area contributed by atoms with Crippen molar-refractivity contribution in [1.29, 1.82) is 0 Å². The molecule has 0 radical (unpaired) electrons. The summed E-state index contributed by atoms with van der Waals surface area (Å²) in [5, 5.41) is 3.30. The summed E-state index contributed by atoms with van der Waals surface area (Å²) in [5.41, 5.74) is 5.95. The minimum absolute atomic E-state index is 0.0416. The first-order valence-electron chi connectivity index (χ1n) is 13.1. The summed E-state index contributed by atoms with van der Waals surface area (Å²) in [7, 11) is 6.63. The van der Waals surface area contributed by atoms with Gasteiger partial charge in [-0.15, -0.1) is 0 Å². The quantitative estimate of drug-likeness (QED) is 0.446. The molecular weight excluding hydrogens is 480 g/mol. The molecule has 7 heteroatoms. The molecule has 38 heavy (non-hydrogen) atoms. The van der Waals surface area contributed by atoms with Gasteiger partial charge in [0.1, 0.15) is 11.5 Å². The molecule has 5 rings (SSSR count). The lowest BCUT2D eigenvalue weighted by atomic mass is 9.87. The number of rotatable bonds is 9. The van der Waals surface area contributed by atoms with Crippen LogP contribution in [0, 0.1) is 0 Å². The van der Waals surface area contributed by atoms with E-state index in [1.165, 1.54) is 16.7 Å². The van der Waals surface area contributed by atoms with Crippen LogP contribution in [0.1, 0.15) is 46.3 Å². The monoisotopic (exact) mass is 516 g/mol. The van der Waals surface area contributed by atoms with Gasteiger partial charge in [0, 0.05) is 24.2 Å². The second-order valence-electron chi connectivity index (χ2n) is 9.89. The van der Waals surface area contributed by atoms with Crippen LogP contribution in [0.25, 0.3) is 0 Å². The van der Waals surface area contributed by atoms with E-state index in [0.717, 1.165) is 48.4 Å². The van der Waals surface area contributed by atoms with Gasteiger partial charge in [0.15, 0.2) is 11.5 Å². The van der Waals surface area contributed by atoms with Gasteiger partial charge in [-0.3, -0.25) is 9.69 Å². The van der Waals surface area contributed by atoms with Gasteiger partial charge in [0.2, 0.25) is 5.91 Å². The Balaban J connectivity index is 1.43. The number of fused-ring (bicyclic) bond motifs is 2. The van der Waals surface area contributed by atoms with Crippen molar-refractivity contribution in [3.63, 3.8) is 0 Å². The van der Waals surface area contributed by atoms with Crippen LogP contribution < -0.4 is 24.3 Å². The summed E-state index contributed by atoms with van der Waals surface area (Å²) in [4.78, 5) is 15.7. The van der Waals surface area contributed by atoms with Crippen LogP contribution in [0.5, 0.6) is 23.0 Å². The van der Waals surface area contributed by atoms with Gasteiger partial charge in [-0.1, -0.05) is 30.3 Å². The largest absolute Gasteiger partial charge is 0.497 e. The fourth-order valence-corrected chi connectivity index (χ4v) is 5.91. The van der Waals surface area contributed by atoms with Crippen molar-refractivity contribution in [2.75, 3.05) is 41.5 Å². The van der Waals surface area contributed by atoms with Gasteiger partial charge in [-0.25, -0.2) is 0 Å². The molecule has 0 aromatic heterocycles. The number of ether oxygens (including phenoxy) is 4. The summed E-state index contributed by atoms with van der Waals surface area (Å²) in [6.45, 7) is 1.07. The molecule has 2 aliphatic rings. The number of amides is 1. The predicted molar refractivity (Wildman–Crippen MR) is 146 cm³/mol. The van der Waals surface area contributed by atoms with Crippen molar-refractivity contribution in [2.45, 2.75) is 37.8 Å². The Morgan fingerprint density at radius 3 is 2.42 bits per heavy atom.